The maximum Gasteiger partial charge on any atom is 0.0132 e. The molecule has 0 heteroatoms. The Hall–Kier alpha value is -0.780. The topological polar surface area (TPSA) is 0 Å². The van der Waals surface area contributed by atoms with Gasteiger partial charge in [-0.15, -0.1) is 0 Å². The third-order valence-corrected chi connectivity index (χ3v) is 5.58. The van der Waals surface area contributed by atoms with Crippen LogP contribution < -0.4 is 0 Å². The smallest absolute Gasteiger partial charge is 0.0132 e. The number of hydrogen-bond donors (Lipinski definition) is 0. The van der Waals surface area contributed by atoms with Gasteiger partial charge in [-0.3, -0.25) is 0 Å². The van der Waals surface area contributed by atoms with E-state index in [0.717, 1.165) is 23.7 Å². The molecule has 0 radical (unpaired) electrons. The van der Waals surface area contributed by atoms with Gasteiger partial charge >= 0.3 is 0 Å². The highest BCUT2D eigenvalue weighted by atomic mass is 14.6. The van der Waals surface area contributed by atoms with Crippen LogP contribution in [0.5, 0.6) is 0 Å². The van der Waals surface area contributed by atoms with Crippen LogP contribution in [0.1, 0.15) is 54.9 Å². The predicted molar refractivity (Wildman–Crippen MR) is 91.6 cm³/mol. The fourth-order valence-electron chi connectivity index (χ4n) is 4.42. The van der Waals surface area contributed by atoms with Gasteiger partial charge in [0.15, 0.2) is 0 Å². The first-order valence-electron chi connectivity index (χ1n) is 8.19. The van der Waals surface area contributed by atoms with Crippen molar-refractivity contribution in [2.75, 3.05) is 0 Å². The van der Waals surface area contributed by atoms with Gasteiger partial charge in [0.05, 0.1) is 0 Å². The summed E-state index contributed by atoms with van der Waals surface area (Å²) in [6, 6.07) is 0. The predicted octanol–water partition coefficient (Wildman–Crippen LogP) is 6.27. The van der Waals surface area contributed by atoms with Gasteiger partial charge in [-0.2, -0.15) is 0 Å². The van der Waals surface area contributed by atoms with E-state index < -0.39 is 0 Å². The van der Waals surface area contributed by atoms with E-state index in [2.05, 4.69) is 67.7 Å². The Labute approximate surface area is 127 Å². The third kappa shape index (κ3) is 3.10. The second-order valence-corrected chi connectivity index (χ2v) is 7.51. The van der Waals surface area contributed by atoms with Crippen molar-refractivity contribution in [3.8, 4) is 0 Å². The SMILES string of the molecule is C=CC(=C)C(C)(CC1C(C)C1C(C)C)C(=CC)C(C)C. The zero-order valence-corrected chi connectivity index (χ0v) is 14.7. The van der Waals surface area contributed by atoms with Crippen LogP contribution in [0, 0.1) is 35.0 Å². The molecule has 1 fully saturated rings. The lowest BCUT2D eigenvalue weighted by molar-refractivity contribution is 0.358. The van der Waals surface area contributed by atoms with Crippen LogP contribution in [0.15, 0.2) is 36.5 Å². The molecule has 1 saturated carbocycles. The van der Waals surface area contributed by atoms with Gasteiger partial charge < -0.3 is 0 Å². The molecule has 0 aromatic rings. The minimum Gasteiger partial charge on any atom is -0.0988 e. The monoisotopic (exact) mass is 274 g/mol. The quantitative estimate of drug-likeness (QED) is 0.379. The molecule has 1 rings (SSSR count). The second-order valence-electron chi connectivity index (χ2n) is 7.51. The largest absolute Gasteiger partial charge is 0.0988 e. The fraction of sp³-hybridized carbons (Fsp3) is 0.700. The van der Waals surface area contributed by atoms with Crippen LogP contribution in [-0.2, 0) is 0 Å². The zero-order valence-electron chi connectivity index (χ0n) is 14.7. The molecule has 0 aromatic carbocycles. The first-order valence-corrected chi connectivity index (χ1v) is 8.19. The highest BCUT2D eigenvalue weighted by Gasteiger charge is 2.51. The number of rotatable bonds is 7. The molecule has 0 spiro atoms. The molecular formula is C20H34. The second kappa shape index (κ2) is 6.33. The molecule has 4 unspecified atom stereocenters. The Morgan fingerprint density at radius 1 is 1.25 bits per heavy atom. The highest BCUT2D eigenvalue weighted by Crippen LogP contribution is 2.58. The van der Waals surface area contributed by atoms with E-state index in [1.807, 2.05) is 6.08 Å². The normalized spacial score (nSPS) is 29.4. The summed E-state index contributed by atoms with van der Waals surface area (Å²) in [5, 5.41) is 0. The molecule has 1 aliphatic carbocycles. The Balaban J connectivity index is 3.03. The van der Waals surface area contributed by atoms with Gasteiger partial charge in [-0.05, 0) is 48.5 Å². The number of allylic oxidation sites excluding steroid dienone is 4. The van der Waals surface area contributed by atoms with E-state index in [1.54, 1.807) is 0 Å². The lowest BCUT2D eigenvalue weighted by Crippen LogP contribution is -2.25. The van der Waals surface area contributed by atoms with Crippen molar-refractivity contribution in [3.05, 3.63) is 36.5 Å². The summed E-state index contributed by atoms with van der Waals surface area (Å²) in [6.07, 6.45) is 5.49. The molecule has 114 valence electrons. The van der Waals surface area contributed by atoms with Crippen LogP contribution in [0.2, 0.25) is 0 Å². The lowest BCUT2D eigenvalue weighted by atomic mass is 9.68. The van der Waals surface area contributed by atoms with Gasteiger partial charge in [0, 0.05) is 5.41 Å². The average molecular weight is 274 g/mol. The maximum absolute atomic E-state index is 4.31. The third-order valence-electron chi connectivity index (χ3n) is 5.58. The van der Waals surface area contributed by atoms with Crippen molar-refractivity contribution < 1.29 is 0 Å². The van der Waals surface area contributed by atoms with Gasteiger partial charge in [0.2, 0.25) is 0 Å². The first kappa shape index (κ1) is 17.3. The van der Waals surface area contributed by atoms with E-state index in [9.17, 15) is 0 Å². The minimum absolute atomic E-state index is 0.0766. The molecular weight excluding hydrogens is 240 g/mol. The Bertz CT molecular complexity index is 396. The van der Waals surface area contributed by atoms with E-state index in [4.69, 9.17) is 0 Å². The molecule has 0 aromatic heterocycles. The van der Waals surface area contributed by atoms with Crippen LogP contribution in [0.3, 0.4) is 0 Å². The van der Waals surface area contributed by atoms with E-state index in [-0.39, 0.29) is 5.41 Å². The minimum atomic E-state index is 0.0766. The summed E-state index contributed by atoms with van der Waals surface area (Å²) in [4.78, 5) is 0. The summed E-state index contributed by atoms with van der Waals surface area (Å²) < 4.78 is 0. The molecule has 20 heavy (non-hydrogen) atoms. The Morgan fingerprint density at radius 3 is 2.10 bits per heavy atom. The first-order chi connectivity index (χ1) is 9.20. The molecule has 0 bridgehead atoms. The summed E-state index contributed by atoms with van der Waals surface area (Å²) >= 11 is 0. The van der Waals surface area contributed by atoms with Crippen molar-refractivity contribution in [2.45, 2.75) is 54.9 Å². The van der Waals surface area contributed by atoms with Gasteiger partial charge in [0.25, 0.3) is 0 Å². The van der Waals surface area contributed by atoms with Crippen LogP contribution in [-0.4, -0.2) is 0 Å². The maximum atomic E-state index is 4.31. The molecule has 0 aliphatic heterocycles. The average Bonchev–Trinajstić information content (AvgIpc) is 2.98. The van der Waals surface area contributed by atoms with Crippen LogP contribution in [0.4, 0.5) is 0 Å². The zero-order chi connectivity index (χ0) is 15.7. The summed E-state index contributed by atoms with van der Waals surface area (Å²) in [7, 11) is 0. The Morgan fingerprint density at radius 2 is 1.80 bits per heavy atom. The lowest BCUT2D eigenvalue weighted by Gasteiger charge is -2.36. The van der Waals surface area contributed by atoms with Gasteiger partial charge in [-0.1, -0.05) is 72.4 Å². The molecule has 0 N–H and O–H groups in total. The van der Waals surface area contributed by atoms with Crippen LogP contribution in [0.25, 0.3) is 0 Å². The molecule has 0 heterocycles. The van der Waals surface area contributed by atoms with Crippen molar-refractivity contribution >= 4 is 0 Å². The summed E-state index contributed by atoms with van der Waals surface area (Å²) in [6.45, 7) is 24.5. The molecule has 0 amide bonds. The standard InChI is InChI=1S/C20H34/c1-10-15(7)20(9,18(11-2)13(3)4)12-17-16(8)19(17)14(5)6/h10-11,13-14,16-17,19H,1,7,12H2,2-6,8-9H3. The number of hydrogen-bond acceptors (Lipinski definition) is 0. The van der Waals surface area contributed by atoms with E-state index >= 15 is 0 Å². The molecule has 1 aliphatic rings. The summed E-state index contributed by atoms with van der Waals surface area (Å²) in [5.74, 6) is 3.94. The van der Waals surface area contributed by atoms with Crippen molar-refractivity contribution in [1.29, 1.82) is 0 Å². The Kier molecular flexibility index (Phi) is 5.46. The highest BCUT2D eigenvalue weighted by molar-refractivity contribution is 5.34. The van der Waals surface area contributed by atoms with Crippen LogP contribution >= 0.6 is 0 Å². The van der Waals surface area contributed by atoms with E-state index in [1.165, 1.54) is 17.6 Å². The molecule has 4 atom stereocenters. The molecule has 0 nitrogen and oxygen atoms in total. The van der Waals surface area contributed by atoms with Crippen molar-refractivity contribution in [1.82, 2.24) is 0 Å². The fourth-order valence-corrected chi connectivity index (χ4v) is 4.42. The molecule has 0 saturated heterocycles. The van der Waals surface area contributed by atoms with Gasteiger partial charge in [0.1, 0.15) is 0 Å². The van der Waals surface area contributed by atoms with E-state index in [0.29, 0.717) is 5.92 Å². The summed E-state index contributed by atoms with van der Waals surface area (Å²) in [5.41, 5.74) is 2.78. The van der Waals surface area contributed by atoms with Crippen molar-refractivity contribution in [3.63, 3.8) is 0 Å². The van der Waals surface area contributed by atoms with Gasteiger partial charge in [-0.25, -0.2) is 0 Å². The van der Waals surface area contributed by atoms with Crippen molar-refractivity contribution in [2.24, 2.45) is 35.0 Å².